The van der Waals surface area contributed by atoms with Gasteiger partial charge in [0.15, 0.2) is 8.32 Å². The van der Waals surface area contributed by atoms with Crippen molar-refractivity contribution in [2.24, 2.45) is 11.8 Å². The van der Waals surface area contributed by atoms with E-state index in [0.29, 0.717) is 0 Å². The first kappa shape index (κ1) is 35.3. The Morgan fingerprint density at radius 3 is 1.70 bits per heavy atom. The van der Waals surface area contributed by atoms with Gasteiger partial charge in [-0.05, 0) is 47.9 Å². The standard InChI is InChI=1S/C38H48NO5PSi/c1-10-26-43-37(42)36(39-34(27(2)28(3)40)33(35(39)41)29(4)44-46(8,9)38(5,6)7)45(30-20-14-11-15-21-30,31-22-16-12-17-23-31)32-24-18-13-19-25-32/h10-25,27,29,33-34H,1,26H2,2-9H3/t27-,29+,33+,34+/m0/s1. The normalized spacial score (nSPS) is 18.3. The number of hydrogen-bond donors (Lipinski definition) is 0. The number of likely N-dealkylation sites (tertiary alicyclic amines) is 1. The second-order valence-electron chi connectivity index (χ2n) is 13.6. The minimum atomic E-state index is -3.08. The van der Waals surface area contributed by atoms with E-state index in [0.717, 1.165) is 15.9 Å². The second-order valence-corrected chi connectivity index (χ2v) is 21.7. The van der Waals surface area contributed by atoms with Crippen molar-refractivity contribution >= 4 is 54.2 Å². The van der Waals surface area contributed by atoms with Crippen LogP contribution >= 0.6 is 6.89 Å². The summed E-state index contributed by atoms with van der Waals surface area (Å²) in [6, 6.07) is 29.0. The van der Waals surface area contributed by atoms with Crippen LogP contribution < -0.4 is 15.9 Å². The van der Waals surface area contributed by atoms with Crippen molar-refractivity contribution in [2.45, 2.75) is 71.8 Å². The Bertz CT molecular complexity index is 1510. The van der Waals surface area contributed by atoms with Gasteiger partial charge in [0.2, 0.25) is 5.91 Å². The predicted molar refractivity (Wildman–Crippen MR) is 193 cm³/mol. The fourth-order valence-electron chi connectivity index (χ4n) is 6.11. The van der Waals surface area contributed by atoms with Gasteiger partial charge in [0.25, 0.3) is 0 Å². The van der Waals surface area contributed by atoms with E-state index < -0.39 is 45.2 Å². The first-order chi connectivity index (χ1) is 21.7. The van der Waals surface area contributed by atoms with E-state index in [9.17, 15) is 14.4 Å². The smallest absolute Gasteiger partial charge is 0.356 e. The van der Waals surface area contributed by atoms with Crippen molar-refractivity contribution < 1.29 is 23.5 Å². The molecule has 244 valence electrons. The third kappa shape index (κ3) is 6.51. The molecule has 8 heteroatoms. The lowest BCUT2D eigenvalue weighted by atomic mass is 9.75. The van der Waals surface area contributed by atoms with Crippen LogP contribution in [0.2, 0.25) is 18.1 Å². The molecule has 0 unspecified atom stereocenters. The highest BCUT2D eigenvalue weighted by Crippen LogP contribution is 2.51. The summed E-state index contributed by atoms with van der Waals surface area (Å²) in [6.07, 6.45) is 1.06. The number of carbonyl (C=O) groups excluding carboxylic acids is 3. The molecule has 0 spiro atoms. The molecule has 0 N–H and O–H groups in total. The van der Waals surface area contributed by atoms with Gasteiger partial charge in [0, 0.05) is 12.8 Å². The monoisotopic (exact) mass is 657 g/mol. The van der Waals surface area contributed by atoms with Crippen LogP contribution in [0, 0.1) is 11.8 Å². The Balaban J connectivity index is 2.13. The fraction of sp³-hybridized carbons (Fsp3) is 0.368. The lowest BCUT2D eigenvalue weighted by molar-refractivity contribution is -0.161. The number of carbonyl (C=O) groups is 3. The van der Waals surface area contributed by atoms with Gasteiger partial charge in [-0.25, -0.2) is 4.79 Å². The SMILES string of the molecule is C=CCOC(=O)C(N1C(=O)[C@H]([C@@H](C)O[Si](C)(C)C(C)(C)C)[C@H]1[C@@H](C)C(C)=O)=P(c1ccccc1)(c1ccccc1)c1ccccc1. The van der Waals surface area contributed by atoms with Crippen molar-refractivity contribution in [1.82, 2.24) is 4.90 Å². The minimum Gasteiger partial charge on any atom is -0.457 e. The molecular formula is C38H48NO5PSi. The molecular weight excluding hydrogens is 609 g/mol. The third-order valence-electron chi connectivity index (χ3n) is 9.63. The molecule has 3 aromatic rings. The summed E-state index contributed by atoms with van der Waals surface area (Å²) >= 11 is 0. The molecule has 3 aromatic carbocycles. The average Bonchev–Trinajstić information content (AvgIpc) is 3.02. The van der Waals surface area contributed by atoms with Crippen LogP contribution in [0.1, 0.15) is 41.5 Å². The van der Waals surface area contributed by atoms with Crippen molar-refractivity contribution in [3.63, 3.8) is 0 Å². The van der Waals surface area contributed by atoms with E-state index >= 15 is 0 Å². The highest BCUT2D eigenvalue weighted by atomic mass is 31.2. The number of Topliss-reactive ketones (excluding diaryl/α,β-unsaturated/α-hetero) is 1. The number of ether oxygens (including phenoxy) is 1. The van der Waals surface area contributed by atoms with Gasteiger partial charge in [0.1, 0.15) is 17.8 Å². The van der Waals surface area contributed by atoms with E-state index in [1.54, 1.807) is 11.8 Å². The number of β-lactam (4-membered cyclic amide) rings is 1. The zero-order valence-electron chi connectivity index (χ0n) is 28.4. The Morgan fingerprint density at radius 2 is 1.33 bits per heavy atom. The van der Waals surface area contributed by atoms with E-state index in [2.05, 4.69) is 40.4 Å². The van der Waals surface area contributed by atoms with Gasteiger partial charge >= 0.3 is 5.97 Å². The average molecular weight is 658 g/mol. The zero-order valence-corrected chi connectivity index (χ0v) is 30.3. The highest BCUT2D eigenvalue weighted by molar-refractivity contribution is 7.96. The largest absolute Gasteiger partial charge is 0.457 e. The molecule has 6 nitrogen and oxygen atoms in total. The highest BCUT2D eigenvalue weighted by Gasteiger charge is 2.59. The number of esters is 1. The predicted octanol–water partition coefficient (Wildman–Crippen LogP) is 6.30. The number of nitrogens with zero attached hydrogens (tertiary/aromatic N) is 1. The molecule has 0 saturated carbocycles. The first-order valence-electron chi connectivity index (χ1n) is 15.9. The quantitative estimate of drug-likeness (QED) is 0.0752. The maximum absolute atomic E-state index is 14.8. The van der Waals surface area contributed by atoms with Crippen LogP contribution in [0.25, 0.3) is 0 Å². The number of rotatable bonds is 12. The summed E-state index contributed by atoms with van der Waals surface area (Å²) in [4.78, 5) is 44.2. The van der Waals surface area contributed by atoms with Gasteiger partial charge in [-0.2, -0.15) is 0 Å². The van der Waals surface area contributed by atoms with Crippen LogP contribution in [-0.4, -0.2) is 55.0 Å². The summed E-state index contributed by atoms with van der Waals surface area (Å²) in [5, 5.41) is 2.62. The van der Waals surface area contributed by atoms with E-state index in [4.69, 9.17) is 9.16 Å². The van der Waals surface area contributed by atoms with Crippen LogP contribution in [0.4, 0.5) is 0 Å². The molecule has 1 saturated heterocycles. The van der Waals surface area contributed by atoms with E-state index in [1.807, 2.05) is 105 Å². The van der Waals surface area contributed by atoms with E-state index in [1.165, 1.54) is 6.08 Å². The maximum Gasteiger partial charge on any atom is 0.356 e. The molecule has 4 atom stereocenters. The summed E-state index contributed by atoms with van der Waals surface area (Å²) in [7, 11) is -2.28. The molecule has 0 bridgehead atoms. The molecule has 1 aliphatic heterocycles. The van der Waals surface area contributed by atoms with Crippen LogP contribution in [0.3, 0.4) is 0 Å². The van der Waals surface area contributed by atoms with Gasteiger partial charge in [-0.15, -0.1) is 0 Å². The molecule has 46 heavy (non-hydrogen) atoms. The van der Waals surface area contributed by atoms with Crippen molar-refractivity contribution in [3.05, 3.63) is 104 Å². The number of hydrogen-bond acceptors (Lipinski definition) is 5. The fourth-order valence-corrected chi connectivity index (χ4v) is 11.9. The lowest BCUT2D eigenvalue weighted by Crippen LogP contribution is -2.71. The van der Waals surface area contributed by atoms with Crippen LogP contribution in [-0.2, 0) is 23.5 Å². The molecule has 4 rings (SSSR count). The third-order valence-corrected chi connectivity index (χ3v) is 18.5. The Hall–Kier alpha value is -3.51. The van der Waals surface area contributed by atoms with Crippen LogP contribution in [0.15, 0.2) is 104 Å². The molecule has 1 amide bonds. The molecule has 1 aliphatic rings. The number of amides is 1. The van der Waals surface area contributed by atoms with Gasteiger partial charge in [0.05, 0.1) is 18.1 Å². The number of benzene rings is 3. The van der Waals surface area contributed by atoms with Crippen molar-refractivity contribution in [2.75, 3.05) is 6.61 Å². The summed E-state index contributed by atoms with van der Waals surface area (Å²) in [5.41, 5.74) is 0.261. The first-order valence-corrected chi connectivity index (χ1v) is 20.6. The molecule has 0 radical (unpaired) electrons. The topological polar surface area (TPSA) is 72.9 Å². The van der Waals surface area contributed by atoms with Crippen molar-refractivity contribution in [3.8, 4) is 0 Å². The Labute approximate surface area is 275 Å². The van der Waals surface area contributed by atoms with Crippen molar-refractivity contribution in [1.29, 1.82) is 0 Å². The molecule has 0 aromatic heterocycles. The minimum absolute atomic E-state index is 0.0238. The van der Waals surface area contributed by atoms with Gasteiger partial charge < -0.3 is 14.1 Å². The van der Waals surface area contributed by atoms with Crippen LogP contribution in [0.5, 0.6) is 0 Å². The van der Waals surface area contributed by atoms with Gasteiger partial charge in [-0.3, -0.25) is 9.59 Å². The van der Waals surface area contributed by atoms with Gasteiger partial charge in [-0.1, -0.05) is 131 Å². The number of ketones is 1. The molecule has 0 aliphatic carbocycles. The lowest BCUT2D eigenvalue weighted by Gasteiger charge is -2.54. The summed E-state index contributed by atoms with van der Waals surface area (Å²) in [6.45, 7) is 16.8. The van der Waals surface area contributed by atoms with E-state index in [-0.39, 0.29) is 28.8 Å². The maximum atomic E-state index is 14.8. The summed E-state index contributed by atoms with van der Waals surface area (Å²) in [5.74, 6) is -2.06. The summed E-state index contributed by atoms with van der Waals surface area (Å²) < 4.78 is 12.6. The molecule has 1 heterocycles. The zero-order chi connectivity index (χ0) is 33.9. The second kappa shape index (κ2) is 14.1. The molecule has 1 fully saturated rings. The Morgan fingerprint density at radius 1 is 0.891 bits per heavy atom. The Kier molecular flexibility index (Phi) is 10.8.